The van der Waals surface area contributed by atoms with Crippen molar-refractivity contribution in [2.45, 2.75) is 26.3 Å². The van der Waals surface area contributed by atoms with Crippen molar-refractivity contribution in [2.24, 2.45) is 0 Å². The van der Waals surface area contributed by atoms with Crippen molar-refractivity contribution in [3.63, 3.8) is 0 Å². The smallest absolute Gasteiger partial charge is 0.255 e. The number of aryl methyl sites for hydroxylation is 1. The number of nitrogens with one attached hydrogen (secondary N) is 1. The van der Waals surface area contributed by atoms with Gasteiger partial charge in [-0.1, -0.05) is 42.8 Å². The predicted molar refractivity (Wildman–Crippen MR) is 85.8 cm³/mol. The van der Waals surface area contributed by atoms with Crippen molar-refractivity contribution < 1.29 is 9.18 Å². The Labute approximate surface area is 132 Å². The number of amides is 1. The number of rotatable bonds is 4. The molecule has 1 N–H and O–H groups in total. The van der Waals surface area contributed by atoms with Gasteiger partial charge in [-0.15, -0.1) is 0 Å². The molecule has 1 atom stereocenters. The Morgan fingerprint density at radius 3 is 2.48 bits per heavy atom. The molecule has 2 aromatic carbocycles. The second kappa shape index (κ2) is 6.85. The van der Waals surface area contributed by atoms with Gasteiger partial charge >= 0.3 is 0 Å². The van der Waals surface area contributed by atoms with E-state index in [0.717, 1.165) is 17.5 Å². The summed E-state index contributed by atoms with van der Waals surface area (Å²) in [5, 5.41) is 2.89. The van der Waals surface area contributed by atoms with Gasteiger partial charge < -0.3 is 5.32 Å². The first-order chi connectivity index (χ1) is 10.0. The molecule has 4 heteroatoms. The molecule has 0 bridgehead atoms. The van der Waals surface area contributed by atoms with E-state index < -0.39 is 11.7 Å². The van der Waals surface area contributed by atoms with Gasteiger partial charge in [0.25, 0.3) is 5.91 Å². The number of carbonyl (C=O) groups excluding carboxylic acids is 1. The Bertz CT molecular complexity index is 619. The molecule has 0 aliphatic rings. The third kappa shape index (κ3) is 3.70. The predicted octanol–water partition coefficient (Wildman–Crippen LogP) is 4.78. The maximum Gasteiger partial charge on any atom is 0.255 e. The molecule has 0 radical (unpaired) electrons. The summed E-state index contributed by atoms with van der Waals surface area (Å²) in [6.07, 6.45) is 0.737. The van der Waals surface area contributed by atoms with E-state index >= 15 is 0 Å². The van der Waals surface area contributed by atoms with E-state index in [0.29, 0.717) is 4.47 Å². The number of halogens is 2. The highest BCUT2D eigenvalue weighted by atomic mass is 79.9. The molecule has 0 aromatic heterocycles. The van der Waals surface area contributed by atoms with Crippen LogP contribution in [0.5, 0.6) is 0 Å². The van der Waals surface area contributed by atoms with Crippen LogP contribution in [0.1, 0.15) is 40.9 Å². The second-order valence-electron chi connectivity index (χ2n) is 4.94. The molecule has 21 heavy (non-hydrogen) atoms. The Hall–Kier alpha value is -1.68. The number of carbonyl (C=O) groups is 1. The summed E-state index contributed by atoms with van der Waals surface area (Å²) in [6.45, 7) is 4.00. The minimum Gasteiger partial charge on any atom is -0.345 e. The van der Waals surface area contributed by atoms with Crippen LogP contribution in [0.15, 0.2) is 46.9 Å². The topological polar surface area (TPSA) is 29.1 Å². The van der Waals surface area contributed by atoms with E-state index in [9.17, 15) is 9.18 Å². The molecule has 2 rings (SSSR count). The first-order valence-corrected chi connectivity index (χ1v) is 7.63. The zero-order valence-electron chi connectivity index (χ0n) is 12.0. The average Bonchev–Trinajstić information content (AvgIpc) is 2.45. The maximum absolute atomic E-state index is 13.8. The van der Waals surface area contributed by atoms with Gasteiger partial charge in [0.1, 0.15) is 5.82 Å². The molecule has 1 amide bonds. The van der Waals surface area contributed by atoms with Gasteiger partial charge in [-0.05, 0) is 47.0 Å². The lowest BCUT2D eigenvalue weighted by Gasteiger charge is -2.18. The standard InChI is InChI=1S/C17H17BrFNO/c1-3-15(12-9-7-11(2)8-10-12)20-17(21)16-13(18)5-4-6-14(16)19/h4-10,15H,3H2,1-2H3,(H,20,21). The van der Waals surface area contributed by atoms with Crippen LogP contribution in [-0.2, 0) is 0 Å². The number of benzene rings is 2. The normalized spacial score (nSPS) is 12.0. The van der Waals surface area contributed by atoms with Crippen molar-refractivity contribution in [1.82, 2.24) is 5.32 Å². The summed E-state index contributed by atoms with van der Waals surface area (Å²) in [5.74, 6) is -0.937. The molecule has 0 heterocycles. The largest absolute Gasteiger partial charge is 0.345 e. The van der Waals surface area contributed by atoms with Crippen molar-refractivity contribution in [2.75, 3.05) is 0 Å². The highest BCUT2D eigenvalue weighted by Gasteiger charge is 2.19. The van der Waals surface area contributed by atoms with Crippen LogP contribution in [0.3, 0.4) is 0 Å². The molecule has 0 saturated heterocycles. The molecule has 0 aliphatic heterocycles. The van der Waals surface area contributed by atoms with E-state index in [1.54, 1.807) is 12.1 Å². The Kier molecular flexibility index (Phi) is 5.12. The van der Waals surface area contributed by atoms with Gasteiger partial charge in [-0.3, -0.25) is 4.79 Å². The lowest BCUT2D eigenvalue weighted by molar-refractivity contribution is 0.0930. The van der Waals surface area contributed by atoms with Crippen LogP contribution < -0.4 is 5.32 Å². The van der Waals surface area contributed by atoms with Gasteiger partial charge in [0, 0.05) is 4.47 Å². The van der Waals surface area contributed by atoms with Gasteiger partial charge in [0.2, 0.25) is 0 Å². The summed E-state index contributed by atoms with van der Waals surface area (Å²) in [7, 11) is 0. The molecule has 0 fully saturated rings. The first kappa shape index (κ1) is 15.7. The monoisotopic (exact) mass is 349 g/mol. The third-order valence-corrected chi connectivity index (χ3v) is 4.04. The van der Waals surface area contributed by atoms with Crippen molar-refractivity contribution in [3.05, 3.63) is 69.4 Å². The molecular formula is C17H17BrFNO. The van der Waals surface area contributed by atoms with Crippen molar-refractivity contribution >= 4 is 21.8 Å². The van der Waals surface area contributed by atoms with Gasteiger partial charge in [0.15, 0.2) is 0 Å². The van der Waals surface area contributed by atoms with Crippen LogP contribution in [0.25, 0.3) is 0 Å². The zero-order chi connectivity index (χ0) is 15.4. The first-order valence-electron chi connectivity index (χ1n) is 6.84. The summed E-state index contributed by atoms with van der Waals surface area (Å²) in [6, 6.07) is 12.3. The lowest BCUT2D eigenvalue weighted by atomic mass is 10.0. The molecule has 0 aliphatic carbocycles. The summed E-state index contributed by atoms with van der Waals surface area (Å²) < 4.78 is 14.3. The molecule has 2 nitrogen and oxygen atoms in total. The SMILES string of the molecule is CCC(NC(=O)c1c(F)cccc1Br)c1ccc(C)cc1. The van der Waals surface area contributed by atoms with E-state index in [1.807, 2.05) is 38.1 Å². The summed E-state index contributed by atoms with van der Waals surface area (Å²) >= 11 is 3.22. The average molecular weight is 350 g/mol. The fourth-order valence-electron chi connectivity index (χ4n) is 2.17. The molecule has 2 aromatic rings. The van der Waals surface area contributed by atoms with Crippen LogP contribution in [0, 0.1) is 12.7 Å². The molecular weight excluding hydrogens is 333 g/mol. The molecule has 1 unspecified atom stereocenters. The van der Waals surface area contributed by atoms with Crippen LogP contribution in [0.2, 0.25) is 0 Å². The molecule has 0 saturated carbocycles. The highest BCUT2D eigenvalue weighted by Crippen LogP contribution is 2.22. The van der Waals surface area contributed by atoms with Gasteiger partial charge in [-0.2, -0.15) is 0 Å². The maximum atomic E-state index is 13.8. The minimum atomic E-state index is -0.527. The van der Waals surface area contributed by atoms with E-state index in [1.165, 1.54) is 6.07 Å². The fourth-order valence-corrected chi connectivity index (χ4v) is 2.69. The van der Waals surface area contributed by atoms with Crippen molar-refractivity contribution in [3.8, 4) is 0 Å². The third-order valence-electron chi connectivity index (χ3n) is 3.38. The summed E-state index contributed by atoms with van der Waals surface area (Å²) in [4.78, 5) is 12.3. The van der Waals surface area contributed by atoms with Gasteiger partial charge in [-0.25, -0.2) is 4.39 Å². The molecule has 0 spiro atoms. The van der Waals surface area contributed by atoms with E-state index in [-0.39, 0.29) is 11.6 Å². The Morgan fingerprint density at radius 1 is 1.24 bits per heavy atom. The number of hydrogen-bond donors (Lipinski definition) is 1. The van der Waals surface area contributed by atoms with E-state index in [2.05, 4.69) is 21.2 Å². The van der Waals surface area contributed by atoms with Gasteiger partial charge in [0.05, 0.1) is 11.6 Å². The van der Waals surface area contributed by atoms with Crippen LogP contribution in [0.4, 0.5) is 4.39 Å². The van der Waals surface area contributed by atoms with Crippen LogP contribution in [-0.4, -0.2) is 5.91 Å². The van der Waals surface area contributed by atoms with Crippen LogP contribution >= 0.6 is 15.9 Å². The Morgan fingerprint density at radius 2 is 1.90 bits per heavy atom. The quantitative estimate of drug-likeness (QED) is 0.845. The fraction of sp³-hybridized carbons (Fsp3) is 0.235. The summed E-state index contributed by atoms with van der Waals surface area (Å²) in [5.41, 5.74) is 2.23. The van der Waals surface area contributed by atoms with E-state index in [4.69, 9.17) is 0 Å². The molecule has 110 valence electrons. The highest BCUT2D eigenvalue weighted by molar-refractivity contribution is 9.10. The zero-order valence-corrected chi connectivity index (χ0v) is 13.6. The van der Waals surface area contributed by atoms with Crippen molar-refractivity contribution in [1.29, 1.82) is 0 Å². The second-order valence-corrected chi connectivity index (χ2v) is 5.80. The number of hydrogen-bond acceptors (Lipinski definition) is 1. The Balaban J connectivity index is 2.22. The lowest BCUT2D eigenvalue weighted by Crippen LogP contribution is -2.29. The minimum absolute atomic E-state index is 0.0445.